The molecule has 146 valence electrons. The molecule has 0 saturated carbocycles. The van der Waals surface area contributed by atoms with E-state index in [0.717, 1.165) is 36.9 Å². The quantitative estimate of drug-likeness (QED) is 0.667. The van der Waals surface area contributed by atoms with E-state index in [4.69, 9.17) is 17.0 Å². The molecule has 2 aromatic heterocycles. The second-order valence-corrected chi connectivity index (χ2v) is 7.48. The largest absolute Gasteiger partial charge is 0.383 e. The summed E-state index contributed by atoms with van der Waals surface area (Å²) in [6, 6.07) is 10.5. The third-order valence-corrected chi connectivity index (χ3v) is 5.26. The van der Waals surface area contributed by atoms with E-state index < -0.39 is 0 Å². The van der Waals surface area contributed by atoms with Crippen LogP contribution in [0.25, 0.3) is 0 Å². The Morgan fingerprint density at radius 1 is 1.22 bits per heavy atom. The van der Waals surface area contributed by atoms with Crippen molar-refractivity contribution in [2.24, 2.45) is 0 Å². The number of methoxy groups -OCH3 is 1. The molecule has 1 aliphatic heterocycles. The van der Waals surface area contributed by atoms with Gasteiger partial charge in [0.1, 0.15) is 0 Å². The minimum absolute atomic E-state index is 0.0363. The lowest BCUT2D eigenvalue weighted by Gasteiger charge is -2.29. The van der Waals surface area contributed by atoms with E-state index in [2.05, 4.69) is 63.2 Å². The lowest BCUT2D eigenvalue weighted by Crippen LogP contribution is -2.33. The summed E-state index contributed by atoms with van der Waals surface area (Å²) in [4.78, 5) is 9.12. The first-order valence-electron chi connectivity index (χ1n) is 9.38. The number of hydrogen-bond donors (Lipinski definition) is 1. The van der Waals surface area contributed by atoms with Gasteiger partial charge in [-0.05, 0) is 63.5 Å². The summed E-state index contributed by atoms with van der Waals surface area (Å²) in [7, 11) is 5.94. The van der Waals surface area contributed by atoms with Crippen LogP contribution in [0.15, 0.2) is 42.7 Å². The van der Waals surface area contributed by atoms with Crippen LogP contribution in [0.3, 0.4) is 0 Å². The number of pyridine rings is 1. The molecule has 1 fully saturated rings. The second-order valence-electron chi connectivity index (χ2n) is 7.10. The molecule has 0 spiro atoms. The Morgan fingerprint density at radius 2 is 2.07 bits per heavy atom. The van der Waals surface area contributed by atoms with Crippen molar-refractivity contribution in [1.82, 2.24) is 24.7 Å². The van der Waals surface area contributed by atoms with Crippen LogP contribution in [-0.2, 0) is 11.3 Å². The Labute approximate surface area is 167 Å². The molecule has 1 saturated heterocycles. The summed E-state index contributed by atoms with van der Waals surface area (Å²) in [5, 5.41) is 4.32. The summed E-state index contributed by atoms with van der Waals surface area (Å²) >= 11 is 5.72. The van der Waals surface area contributed by atoms with Crippen molar-refractivity contribution in [2.75, 3.05) is 40.9 Å². The zero-order valence-electron chi connectivity index (χ0n) is 16.3. The predicted octanol–water partition coefficient (Wildman–Crippen LogP) is 2.45. The number of nitrogens with zero attached hydrogens (tertiary/aromatic N) is 4. The van der Waals surface area contributed by atoms with E-state index in [0.29, 0.717) is 6.61 Å². The zero-order chi connectivity index (χ0) is 19.2. The molecular weight excluding hydrogens is 358 g/mol. The standard InChI is InChI=1S/C20H29N5OS/c1-23(2)11-7-13-25-19(17-9-6-12-24(17)14-15-26-3)18(22-20(25)27)16-8-4-5-10-21-16/h4-6,8-10,12,18-19H,7,11,13-15H2,1-3H3,(H,22,27)/t18-,19+/m1/s1. The monoisotopic (exact) mass is 387 g/mol. The van der Waals surface area contributed by atoms with Crippen molar-refractivity contribution in [3.8, 4) is 0 Å². The molecule has 1 N–H and O–H groups in total. The first kappa shape index (κ1) is 19.8. The minimum Gasteiger partial charge on any atom is -0.383 e. The smallest absolute Gasteiger partial charge is 0.170 e. The van der Waals surface area contributed by atoms with Gasteiger partial charge in [0.25, 0.3) is 0 Å². The van der Waals surface area contributed by atoms with Crippen molar-refractivity contribution in [2.45, 2.75) is 25.0 Å². The molecule has 6 nitrogen and oxygen atoms in total. The highest BCUT2D eigenvalue weighted by Gasteiger charge is 2.40. The Bertz CT molecular complexity index is 733. The van der Waals surface area contributed by atoms with Crippen LogP contribution in [0.4, 0.5) is 0 Å². The van der Waals surface area contributed by atoms with Gasteiger partial charge in [-0.3, -0.25) is 4.98 Å². The van der Waals surface area contributed by atoms with Crippen molar-refractivity contribution in [3.05, 3.63) is 54.1 Å². The van der Waals surface area contributed by atoms with Crippen molar-refractivity contribution in [1.29, 1.82) is 0 Å². The van der Waals surface area contributed by atoms with Crippen molar-refractivity contribution >= 4 is 17.3 Å². The lowest BCUT2D eigenvalue weighted by atomic mass is 10.0. The van der Waals surface area contributed by atoms with Crippen molar-refractivity contribution in [3.63, 3.8) is 0 Å². The van der Waals surface area contributed by atoms with Crippen LogP contribution < -0.4 is 5.32 Å². The highest BCUT2D eigenvalue weighted by Crippen LogP contribution is 2.38. The van der Waals surface area contributed by atoms with Gasteiger partial charge in [-0.15, -0.1) is 0 Å². The Hall–Kier alpha value is -1.96. The summed E-state index contributed by atoms with van der Waals surface area (Å²) in [5.74, 6) is 0. The van der Waals surface area contributed by atoms with Gasteiger partial charge in [0.2, 0.25) is 0 Å². The average Bonchev–Trinajstić information content (AvgIpc) is 3.24. The summed E-state index contributed by atoms with van der Waals surface area (Å²) in [6.07, 6.45) is 5.01. The maximum absolute atomic E-state index is 5.72. The molecule has 7 heteroatoms. The Morgan fingerprint density at radius 3 is 2.78 bits per heavy atom. The summed E-state index contributed by atoms with van der Waals surface area (Å²) in [5.41, 5.74) is 2.25. The Balaban J connectivity index is 1.90. The molecule has 0 amide bonds. The molecule has 2 aromatic rings. The molecule has 0 aromatic carbocycles. The van der Waals surface area contributed by atoms with Gasteiger partial charge >= 0.3 is 0 Å². The van der Waals surface area contributed by atoms with E-state index in [1.54, 1.807) is 7.11 Å². The van der Waals surface area contributed by atoms with E-state index in [9.17, 15) is 0 Å². The molecular formula is C20H29N5OS. The summed E-state index contributed by atoms with van der Waals surface area (Å²) in [6.45, 7) is 3.45. The maximum Gasteiger partial charge on any atom is 0.170 e. The van der Waals surface area contributed by atoms with Crippen LogP contribution in [0.1, 0.15) is 29.9 Å². The predicted molar refractivity (Wildman–Crippen MR) is 112 cm³/mol. The third kappa shape index (κ3) is 4.66. The first-order chi connectivity index (χ1) is 13.1. The highest BCUT2D eigenvalue weighted by atomic mass is 32.1. The van der Waals surface area contributed by atoms with E-state index in [1.165, 1.54) is 5.69 Å². The van der Waals surface area contributed by atoms with Crippen LogP contribution in [-0.4, -0.2) is 65.4 Å². The molecule has 3 heterocycles. The molecule has 0 bridgehead atoms. The molecule has 1 aliphatic rings. The Kier molecular flexibility index (Phi) is 6.82. The number of nitrogens with one attached hydrogen (secondary N) is 1. The van der Waals surface area contributed by atoms with Gasteiger partial charge in [0.05, 0.1) is 24.4 Å². The normalized spacial score (nSPS) is 19.7. The fourth-order valence-electron chi connectivity index (χ4n) is 3.61. The molecule has 0 unspecified atom stereocenters. The highest BCUT2D eigenvalue weighted by molar-refractivity contribution is 7.80. The molecule has 27 heavy (non-hydrogen) atoms. The fourth-order valence-corrected chi connectivity index (χ4v) is 3.95. The van der Waals surface area contributed by atoms with Crippen LogP contribution in [0.5, 0.6) is 0 Å². The fraction of sp³-hybridized carbons (Fsp3) is 0.500. The number of thiocarbonyl (C=S) groups is 1. The van der Waals surface area contributed by atoms with Gasteiger partial charge in [-0.1, -0.05) is 6.07 Å². The van der Waals surface area contributed by atoms with E-state index in [1.807, 2.05) is 18.3 Å². The lowest BCUT2D eigenvalue weighted by molar-refractivity contribution is 0.183. The van der Waals surface area contributed by atoms with E-state index in [-0.39, 0.29) is 12.1 Å². The van der Waals surface area contributed by atoms with Crippen LogP contribution in [0, 0.1) is 0 Å². The minimum atomic E-state index is 0.0363. The molecule has 0 aliphatic carbocycles. The van der Waals surface area contributed by atoms with Crippen LogP contribution >= 0.6 is 12.2 Å². The molecule has 3 rings (SSSR count). The molecule has 2 atom stereocenters. The second kappa shape index (κ2) is 9.30. The van der Waals surface area contributed by atoms with Gasteiger partial charge in [0, 0.05) is 38.3 Å². The van der Waals surface area contributed by atoms with Gasteiger partial charge in [-0.2, -0.15) is 0 Å². The van der Waals surface area contributed by atoms with Crippen LogP contribution in [0.2, 0.25) is 0 Å². The topological polar surface area (TPSA) is 45.6 Å². The average molecular weight is 388 g/mol. The first-order valence-corrected chi connectivity index (χ1v) is 9.79. The van der Waals surface area contributed by atoms with Crippen molar-refractivity contribution < 1.29 is 4.74 Å². The number of hydrogen-bond acceptors (Lipinski definition) is 4. The maximum atomic E-state index is 5.72. The van der Waals surface area contributed by atoms with E-state index >= 15 is 0 Å². The summed E-state index contributed by atoms with van der Waals surface area (Å²) < 4.78 is 7.55. The van der Waals surface area contributed by atoms with Gasteiger partial charge < -0.3 is 24.4 Å². The number of aromatic nitrogens is 2. The molecule has 0 radical (unpaired) electrons. The SMILES string of the molecule is COCCn1cccc1[C@H]1[C@@H](c2ccccn2)NC(=S)N1CCCN(C)C. The van der Waals surface area contributed by atoms with Gasteiger partial charge in [-0.25, -0.2) is 0 Å². The zero-order valence-corrected chi connectivity index (χ0v) is 17.2. The number of rotatable bonds is 9. The number of ether oxygens (including phenoxy) is 1. The van der Waals surface area contributed by atoms with Gasteiger partial charge in [0.15, 0.2) is 5.11 Å². The third-order valence-electron chi connectivity index (χ3n) is 4.91.